The molecule has 3 nitrogen and oxygen atoms in total. The first kappa shape index (κ1) is 12.2. The molecule has 1 aromatic rings. The normalized spacial score (nSPS) is 11.8. The lowest BCUT2D eigenvalue weighted by molar-refractivity contribution is -0.121. The van der Waals surface area contributed by atoms with E-state index >= 15 is 0 Å². The first-order valence-corrected chi connectivity index (χ1v) is 5.14. The van der Waals surface area contributed by atoms with Gasteiger partial charge in [0.25, 0.3) is 0 Å². The van der Waals surface area contributed by atoms with Crippen LogP contribution in [-0.4, -0.2) is 11.7 Å². The summed E-state index contributed by atoms with van der Waals surface area (Å²) in [5.41, 5.74) is 6.29. The van der Waals surface area contributed by atoms with E-state index in [9.17, 15) is 9.59 Å². The van der Waals surface area contributed by atoms with Gasteiger partial charge in [0.15, 0.2) is 5.78 Å². The van der Waals surface area contributed by atoms with Crippen molar-refractivity contribution in [3.05, 3.63) is 48.0 Å². The quantitative estimate of drug-likeness (QED) is 0.764. The summed E-state index contributed by atoms with van der Waals surface area (Å²) in [5, 5.41) is 0. The summed E-state index contributed by atoms with van der Waals surface area (Å²) in [5.74, 6) is -1.39. The average Bonchev–Trinajstić information content (AvgIpc) is 2.29. The molecule has 1 amide bonds. The molecular weight excluding hydrogens is 202 g/mol. The highest BCUT2D eigenvalue weighted by Crippen LogP contribution is 2.24. The van der Waals surface area contributed by atoms with Gasteiger partial charge in [-0.15, -0.1) is 0 Å². The number of hydrogen-bond acceptors (Lipinski definition) is 2. The fourth-order valence-corrected chi connectivity index (χ4v) is 1.57. The maximum atomic E-state index is 11.5. The largest absolute Gasteiger partial charge is 0.369 e. The molecule has 0 unspecified atom stereocenters. The molecule has 1 atom stereocenters. The van der Waals surface area contributed by atoms with Gasteiger partial charge >= 0.3 is 0 Å². The van der Waals surface area contributed by atoms with Crippen LogP contribution in [0.3, 0.4) is 0 Å². The molecule has 84 valence electrons. The molecular formula is C13H15NO2. The smallest absolute Gasteiger partial charge is 0.229 e. The van der Waals surface area contributed by atoms with Crippen LogP contribution in [0.2, 0.25) is 0 Å². The minimum Gasteiger partial charge on any atom is -0.369 e. The summed E-state index contributed by atoms with van der Waals surface area (Å²) >= 11 is 0. The summed E-state index contributed by atoms with van der Waals surface area (Å²) in [7, 11) is 0. The number of benzene rings is 1. The standard InChI is InChI=1S/C13H15NO2/c1-3-11(15)9(2)12(13(14)16)10-7-5-4-6-8-10/h4-8,12H,2-3H2,1H3,(H2,14,16)/t12-/m0/s1. The van der Waals surface area contributed by atoms with Crippen LogP contribution in [-0.2, 0) is 9.59 Å². The van der Waals surface area contributed by atoms with Crippen molar-refractivity contribution in [3.63, 3.8) is 0 Å². The third-order valence-electron chi connectivity index (χ3n) is 2.45. The summed E-state index contributed by atoms with van der Waals surface area (Å²) < 4.78 is 0. The summed E-state index contributed by atoms with van der Waals surface area (Å²) in [6.45, 7) is 5.41. The van der Waals surface area contributed by atoms with E-state index in [1.165, 1.54) is 0 Å². The lowest BCUT2D eigenvalue weighted by atomic mass is 9.88. The van der Waals surface area contributed by atoms with Crippen molar-refractivity contribution < 1.29 is 9.59 Å². The predicted octanol–water partition coefficient (Wildman–Crippen LogP) is 1.79. The number of nitrogens with two attached hydrogens (primary N) is 1. The Balaban J connectivity index is 3.06. The number of rotatable bonds is 5. The van der Waals surface area contributed by atoms with Crippen LogP contribution in [0.1, 0.15) is 24.8 Å². The van der Waals surface area contributed by atoms with Crippen LogP contribution in [0.4, 0.5) is 0 Å². The molecule has 3 heteroatoms. The van der Waals surface area contributed by atoms with Crippen LogP contribution < -0.4 is 5.73 Å². The predicted molar refractivity (Wildman–Crippen MR) is 62.8 cm³/mol. The third-order valence-corrected chi connectivity index (χ3v) is 2.45. The molecule has 0 aliphatic heterocycles. The van der Waals surface area contributed by atoms with Gasteiger partial charge in [-0.3, -0.25) is 9.59 Å². The molecule has 0 aromatic heterocycles. The van der Waals surface area contributed by atoms with Crippen molar-refractivity contribution in [1.29, 1.82) is 0 Å². The van der Waals surface area contributed by atoms with Gasteiger partial charge in [0.2, 0.25) is 5.91 Å². The molecule has 0 aliphatic rings. The van der Waals surface area contributed by atoms with E-state index < -0.39 is 11.8 Å². The fraction of sp³-hybridized carbons (Fsp3) is 0.231. The number of Topliss-reactive ketones (excluding diaryl/α,β-unsaturated/α-hetero) is 1. The first-order chi connectivity index (χ1) is 7.57. The van der Waals surface area contributed by atoms with Crippen molar-refractivity contribution in [2.24, 2.45) is 5.73 Å². The van der Waals surface area contributed by atoms with Gasteiger partial charge < -0.3 is 5.73 Å². The average molecular weight is 217 g/mol. The molecule has 16 heavy (non-hydrogen) atoms. The topological polar surface area (TPSA) is 60.2 Å². The zero-order chi connectivity index (χ0) is 12.1. The number of hydrogen-bond donors (Lipinski definition) is 1. The molecule has 0 saturated heterocycles. The van der Waals surface area contributed by atoms with Gasteiger partial charge in [-0.2, -0.15) is 0 Å². The van der Waals surface area contributed by atoms with E-state index in [1.807, 2.05) is 6.07 Å². The number of primary amides is 1. The van der Waals surface area contributed by atoms with E-state index in [-0.39, 0.29) is 11.4 Å². The van der Waals surface area contributed by atoms with Crippen molar-refractivity contribution in [3.8, 4) is 0 Å². The molecule has 0 saturated carbocycles. The van der Waals surface area contributed by atoms with Crippen LogP contribution >= 0.6 is 0 Å². The molecule has 0 heterocycles. The second-order valence-electron chi connectivity index (χ2n) is 3.55. The van der Waals surface area contributed by atoms with Gasteiger partial charge in [-0.1, -0.05) is 43.8 Å². The SMILES string of the molecule is C=C(C(=O)CC)[C@H](C(N)=O)c1ccccc1. The van der Waals surface area contributed by atoms with Gasteiger partial charge in [0.05, 0.1) is 5.92 Å². The molecule has 0 aliphatic carbocycles. The van der Waals surface area contributed by atoms with Crippen molar-refractivity contribution >= 4 is 11.7 Å². The van der Waals surface area contributed by atoms with E-state index in [2.05, 4.69) is 6.58 Å². The Morgan fingerprint density at radius 2 is 1.88 bits per heavy atom. The molecule has 1 rings (SSSR count). The molecule has 0 bridgehead atoms. The Bertz CT molecular complexity index is 409. The Labute approximate surface area is 95.0 Å². The lowest BCUT2D eigenvalue weighted by Crippen LogP contribution is -2.25. The highest BCUT2D eigenvalue weighted by molar-refractivity contribution is 6.03. The summed E-state index contributed by atoms with van der Waals surface area (Å²) in [4.78, 5) is 22.9. The minimum absolute atomic E-state index is 0.132. The molecule has 0 fully saturated rings. The van der Waals surface area contributed by atoms with Crippen LogP contribution in [0.15, 0.2) is 42.5 Å². The summed E-state index contributed by atoms with van der Waals surface area (Å²) in [6.07, 6.45) is 0.329. The summed E-state index contributed by atoms with van der Waals surface area (Å²) in [6, 6.07) is 8.98. The highest BCUT2D eigenvalue weighted by atomic mass is 16.1. The van der Waals surface area contributed by atoms with E-state index in [0.29, 0.717) is 12.0 Å². The maximum absolute atomic E-state index is 11.5. The van der Waals surface area contributed by atoms with Gasteiger partial charge in [0, 0.05) is 12.0 Å². The monoisotopic (exact) mass is 217 g/mol. The van der Waals surface area contributed by atoms with Gasteiger partial charge in [-0.25, -0.2) is 0 Å². The Hall–Kier alpha value is -1.90. The molecule has 2 N–H and O–H groups in total. The molecule has 0 spiro atoms. The van der Waals surface area contributed by atoms with Crippen LogP contribution in [0.5, 0.6) is 0 Å². The Kier molecular flexibility index (Phi) is 4.00. The number of amides is 1. The van der Waals surface area contributed by atoms with Crippen molar-refractivity contribution in [2.75, 3.05) is 0 Å². The maximum Gasteiger partial charge on any atom is 0.229 e. The second kappa shape index (κ2) is 5.26. The van der Waals surface area contributed by atoms with Crippen molar-refractivity contribution in [2.45, 2.75) is 19.3 Å². The van der Waals surface area contributed by atoms with E-state index in [0.717, 1.165) is 0 Å². The van der Waals surface area contributed by atoms with Crippen molar-refractivity contribution in [1.82, 2.24) is 0 Å². The second-order valence-corrected chi connectivity index (χ2v) is 3.55. The Morgan fingerprint density at radius 3 is 2.31 bits per heavy atom. The zero-order valence-electron chi connectivity index (χ0n) is 9.27. The van der Waals surface area contributed by atoms with Crippen LogP contribution in [0.25, 0.3) is 0 Å². The Morgan fingerprint density at radius 1 is 1.31 bits per heavy atom. The van der Waals surface area contributed by atoms with Crippen LogP contribution in [0, 0.1) is 0 Å². The number of carbonyl (C=O) groups is 2. The molecule has 1 aromatic carbocycles. The van der Waals surface area contributed by atoms with E-state index in [1.54, 1.807) is 31.2 Å². The molecule has 0 radical (unpaired) electrons. The highest BCUT2D eigenvalue weighted by Gasteiger charge is 2.24. The third kappa shape index (κ3) is 2.57. The number of carbonyl (C=O) groups excluding carboxylic acids is 2. The van der Waals surface area contributed by atoms with Gasteiger partial charge in [0.1, 0.15) is 0 Å². The number of ketones is 1. The fourth-order valence-electron chi connectivity index (χ4n) is 1.57. The van der Waals surface area contributed by atoms with Gasteiger partial charge in [-0.05, 0) is 5.56 Å². The lowest BCUT2D eigenvalue weighted by Gasteiger charge is -2.15. The minimum atomic E-state index is -0.714. The zero-order valence-corrected chi connectivity index (χ0v) is 9.27. The first-order valence-electron chi connectivity index (χ1n) is 5.14. The van der Waals surface area contributed by atoms with E-state index in [4.69, 9.17) is 5.73 Å².